The maximum atomic E-state index is 12.0. The molecule has 0 saturated heterocycles. The van der Waals surface area contributed by atoms with E-state index in [2.05, 4.69) is 10.0 Å². The van der Waals surface area contributed by atoms with Crippen molar-refractivity contribution in [2.24, 2.45) is 0 Å². The normalized spacial score (nSPS) is 16.6. The van der Waals surface area contributed by atoms with Crippen LogP contribution in [0.25, 0.3) is 0 Å². The fourth-order valence-electron chi connectivity index (χ4n) is 2.14. The van der Waals surface area contributed by atoms with Gasteiger partial charge in [-0.2, -0.15) is 0 Å². The van der Waals surface area contributed by atoms with E-state index in [1.807, 2.05) is 12.1 Å². The summed E-state index contributed by atoms with van der Waals surface area (Å²) in [5.41, 5.74) is 0. The van der Waals surface area contributed by atoms with E-state index in [0.29, 0.717) is 18.1 Å². The number of benzene rings is 1. The maximum absolute atomic E-state index is 12.0. The van der Waals surface area contributed by atoms with Crippen LogP contribution in [0, 0.1) is 0 Å². The molecule has 0 saturated carbocycles. The molecule has 1 aromatic carbocycles. The van der Waals surface area contributed by atoms with Crippen LogP contribution in [-0.4, -0.2) is 40.6 Å². The first-order valence-corrected chi connectivity index (χ1v) is 8.68. The molecule has 1 aromatic heterocycles. The molecule has 1 amide bonds. The van der Waals surface area contributed by atoms with Gasteiger partial charge in [0.25, 0.3) is 15.9 Å². The molecule has 24 heavy (non-hydrogen) atoms. The van der Waals surface area contributed by atoms with E-state index in [0.717, 1.165) is 0 Å². The second-order valence-electron chi connectivity index (χ2n) is 5.03. The molecule has 0 radical (unpaired) electrons. The smallest absolute Gasteiger partial charge is 0.287 e. The zero-order valence-corrected chi connectivity index (χ0v) is 13.6. The van der Waals surface area contributed by atoms with Crippen molar-refractivity contribution >= 4 is 15.9 Å². The van der Waals surface area contributed by atoms with Crippen LogP contribution in [0.4, 0.5) is 0 Å². The molecule has 9 heteroatoms. The van der Waals surface area contributed by atoms with Gasteiger partial charge in [0.05, 0.1) is 6.54 Å². The van der Waals surface area contributed by atoms with E-state index < -0.39 is 15.9 Å². The Bertz CT molecular complexity index is 845. The Morgan fingerprint density at radius 3 is 2.71 bits per heavy atom. The van der Waals surface area contributed by atoms with Gasteiger partial charge in [0, 0.05) is 0 Å². The largest absolute Gasteiger partial charge is 0.486 e. The quantitative estimate of drug-likeness (QED) is 0.823. The molecule has 3 rings (SSSR count). The van der Waals surface area contributed by atoms with Crippen molar-refractivity contribution in [3.8, 4) is 11.5 Å². The van der Waals surface area contributed by atoms with Crippen LogP contribution in [0.3, 0.4) is 0 Å². The Balaban J connectivity index is 1.59. The standard InChI is InChI=1S/C15H16N2O6S/c1-16-24(19,20)14-7-6-13(23-14)15(18)17-8-10-9-21-11-4-2-3-5-12(11)22-10/h2-7,10,16H,8-9H2,1H3,(H,17,18). The maximum Gasteiger partial charge on any atom is 0.287 e. The Labute approximate surface area is 138 Å². The lowest BCUT2D eigenvalue weighted by Crippen LogP contribution is -2.40. The van der Waals surface area contributed by atoms with Gasteiger partial charge in [0.1, 0.15) is 12.7 Å². The van der Waals surface area contributed by atoms with E-state index >= 15 is 0 Å². The lowest BCUT2D eigenvalue weighted by Gasteiger charge is -2.26. The van der Waals surface area contributed by atoms with Crippen molar-refractivity contribution in [2.45, 2.75) is 11.2 Å². The highest BCUT2D eigenvalue weighted by molar-refractivity contribution is 7.89. The minimum Gasteiger partial charge on any atom is -0.486 e. The number of carbonyl (C=O) groups is 1. The molecule has 0 spiro atoms. The Hall–Kier alpha value is -2.52. The highest BCUT2D eigenvalue weighted by atomic mass is 32.2. The second-order valence-corrected chi connectivity index (χ2v) is 6.85. The van der Waals surface area contributed by atoms with E-state index in [9.17, 15) is 13.2 Å². The van der Waals surface area contributed by atoms with Crippen molar-refractivity contribution in [3.05, 3.63) is 42.2 Å². The van der Waals surface area contributed by atoms with Gasteiger partial charge in [-0.25, -0.2) is 13.1 Å². The molecule has 1 aliphatic heterocycles. The number of furan rings is 1. The summed E-state index contributed by atoms with van der Waals surface area (Å²) in [5, 5.41) is 2.31. The Morgan fingerprint density at radius 2 is 1.96 bits per heavy atom. The molecule has 2 heterocycles. The van der Waals surface area contributed by atoms with Crippen molar-refractivity contribution in [1.82, 2.24) is 10.0 Å². The SMILES string of the molecule is CNS(=O)(=O)c1ccc(C(=O)NCC2COc3ccccc3O2)o1. The predicted octanol–water partition coefficient (Wildman–Crippen LogP) is 0.757. The van der Waals surface area contributed by atoms with Gasteiger partial charge in [-0.1, -0.05) is 12.1 Å². The molecule has 1 aliphatic rings. The van der Waals surface area contributed by atoms with Crippen LogP contribution < -0.4 is 19.5 Å². The topological polar surface area (TPSA) is 107 Å². The monoisotopic (exact) mass is 352 g/mol. The first-order valence-electron chi connectivity index (χ1n) is 7.19. The highest BCUT2D eigenvalue weighted by Gasteiger charge is 2.23. The fraction of sp³-hybridized carbons (Fsp3) is 0.267. The molecular weight excluding hydrogens is 336 g/mol. The third-order valence-corrected chi connectivity index (χ3v) is 4.68. The molecule has 8 nitrogen and oxygen atoms in total. The number of rotatable bonds is 5. The predicted molar refractivity (Wildman–Crippen MR) is 83.6 cm³/mol. The number of sulfonamides is 1. The van der Waals surface area contributed by atoms with Crippen LogP contribution >= 0.6 is 0 Å². The lowest BCUT2D eigenvalue weighted by molar-refractivity contribution is 0.0770. The molecule has 0 bridgehead atoms. The Morgan fingerprint density at radius 1 is 1.21 bits per heavy atom. The lowest BCUT2D eigenvalue weighted by atomic mass is 10.2. The minimum atomic E-state index is -3.72. The minimum absolute atomic E-state index is 0.0963. The van der Waals surface area contributed by atoms with Crippen LogP contribution in [0.15, 0.2) is 45.9 Å². The summed E-state index contributed by atoms with van der Waals surface area (Å²) < 4.78 is 41.6. The zero-order chi connectivity index (χ0) is 17.2. The number of para-hydroxylation sites is 2. The number of amides is 1. The first kappa shape index (κ1) is 16.3. The number of carbonyl (C=O) groups excluding carboxylic acids is 1. The summed E-state index contributed by atoms with van der Waals surface area (Å²) in [6.45, 7) is 0.497. The summed E-state index contributed by atoms with van der Waals surface area (Å²) in [6.07, 6.45) is -0.348. The first-order chi connectivity index (χ1) is 11.5. The van der Waals surface area contributed by atoms with Gasteiger partial charge in [-0.3, -0.25) is 4.79 Å². The number of ether oxygens (including phenoxy) is 2. The van der Waals surface area contributed by atoms with Gasteiger partial charge in [-0.05, 0) is 31.3 Å². The van der Waals surface area contributed by atoms with Crippen LogP contribution in [0.1, 0.15) is 10.6 Å². The number of nitrogens with one attached hydrogen (secondary N) is 2. The Kier molecular flexibility index (Phi) is 4.45. The molecule has 128 valence electrons. The van der Waals surface area contributed by atoms with E-state index in [1.165, 1.54) is 19.2 Å². The molecular formula is C15H16N2O6S. The summed E-state index contributed by atoms with van der Waals surface area (Å²) in [6, 6.07) is 9.78. The van der Waals surface area contributed by atoms with E-state index in [4.69, 9.17) is 13.9 Å². The molecule has 0 fully saturated rings. The van der Waals surface area contributed by atoms with Crippen molar-refractivity contribution in [1.29, 1.82) is 0 Å². The summed E-state index contributed by atoms with van der Waals surface area (Å²) >= 11 is 0. The van der Waals surface area contributed by atoms with Crippen LogP contribution in [-0.2, 0) is 10.0 Å². The zero-order valence-electron chi connectivity index (χ0n) is 12.8. The number of hydrogen-bond acceptors (Lipinski definition) is 6. The summed E-state index contributed by atoms with van der Waals surface area (Å²) in [4.78, 5) is 12.0. The van der Waals surface area contributed by atoms with Crippen molar-refractivity contribution in [2.75, 3.05) is 20.2 Å². The van der Waals surface area contributed by atoms with Gasteiger partial charge in [-0.15, -0.1) is 0 Å². The number of hydrogen-bond donors (Lipinski definition) is 2. The third kappa shape index (κ3) is 3.36. The molecule has 2 N–H and O–H groups in total. The van der Waals surface area contributed by atoms with Gasteiger partial charge < -0.3 is 19.2 Å². The van der Waals surface area contributed by atoms with E-state index in [1.54, 1.807) is 12.1 Å². The van der Waals surface area contributed by atoms with Crippen molar-refractivity contribution < 1.29 is 27.1 Å². The summed E-state index contributed by atoms with van der Waals surface area (Å²) in [5.74, 6) is 0.646. The molecule has 0 aliphatic carbocycles. The molecule has 1 unspecified atom stereocenters. The highest BCUT2D eigenvalue weighted by Crippen LogP contribution is 2.30. The van der Waals surface area contributed by atoms with Crippen LogP contribution in [0.5, 0.6) is 11.5 Å². The number of fused-ring (bicyclic) bond motifs is 1. The van der Waals surface area contributed by atoms with E-state index in [-0.39, 0.29) is 23.5 Å². The van der Waals surface area contributed by atoms with Gasteiger partial charge >= 0.3 is 0 Å². The van der Waals surface area contributed by atoms with Crippen molar-refractivity contribution in [3.63, 3.8) is 0 Å². The van der Waals surface area contributed by atoms with Gasteiger partial charge in [0.2, 0.25) is 5.09 Å². The second kappa shape index (κ2) is 6.54. The summed E-state index contributed by atoms with van der Waals surface area (Å²) in [7, 11) is -2.46. The molecule has 2 aromatic rings. The molecule has 1 atom stereocenters. The fourth-order valence-corrected chi connectivity index (χ4v) is 2.79. The van der Waals surface area contributed by atoms with Crippen LogP contribution in [0.2, 0.25) is 0 Å². The third-order valence-electron chi connectivity index (χ3n) is 3.40. The van der Waals surface area contributed by atoms with Gasteiger partial charge in [0.15, 0.2) is 17.3 Å². The average Bonchev–Trinajstić information content (AvgIpc) is 3.10. The average molecular weight is 352 g/mol.